The Labute approximate surface area is 245 Å². The first-order valence-electron chi connectivity index (χ1n) is 14.9. The summed E-state index contributed by atoms with van der Waals surface area (Å²) in [6, 6.07) is 7.09. The predicted octanol–water partition coefficient (Wildman–Crippen LogP) is 4.07. The second kappa shape index (κ2) is 10.9. The van der Waals surface area contributed by atoms with Crippen molar-refractivity contribution in [2.24, 2.45) is 5.92 Å². The summed E-state index contributed by atoms with van der Waals surface area (Å²) in [5.74, 6) is 1.05. The molecular formula is C31H42FN7O3. The largest absolute Gasteiger partial charge is 0.387 e. The second-order valence-corrected chi connectivity index (χ2v) is 13.4. The Balaban J connectivity index is 1.07. The maximum absolute atomic E-state index is 14.6. The lowest BCUT2D eigenvalue weighted by Crippen LogP contribution is -2.52. The van der Waals surface area contributed by atoms with E-state index in [-0.39, 0.29) is 28.3 Å². The summed E-state index contributed by atoms with van der Waals surface area (Å²) in [5.41, 5.74) is 9.55. The van der Waals surface area contributed by atoms with Gasteiger partial charge in [0.15, 0.2) is 17.7 Å². The van der Waals surface area contributed by atoms with Gasteiger partial charge in [0, 0.05) is 31.2 Å². The zero-order valence-electron chi connectivity index (χ0n) is 25.0. The molecule has 4 atom stereocenters. The number of nitrogens with one attached hydrogen (secondary N) is 1. The van der Waals surface area contributed by atoms with Gasteiger partial charge in [-0.3, -0.25) is 4.90 Å². The van der Waals surface area contributed by atoms with Crippen LogP contribution in [-0.4, -0.2) is 76.6 Å². The standard InChI is InChI=1S/C31H42FN7O3/c1-16(2)38(14-23-26(40)27(41)30(42-23)39-13-20(32)25-28(33)34-15-35-29(25)39)19-10-17(11-19)6-9-24-36-21-8-7-18(31(3,4)5)12-22(21)37-24/h7-8,12-13,15-17,19,23,26-27,30,40-41H,6,9-11,14H2,1-5H3,(H,36,37)(H2,33,34,35)/t17-,19-,23-,26-,27-,30-/m1/s1. The molecule has 0 unspecified atom stereocenters. The molecule has 6 rings (SSSR count). The molecule has 4 aromatic rings. The minimum atomic E-state index is -1.24. The van der Waals surface area contributed by atoms with Crippen molar-refractivity contribution in [2.45, 2.75) is 102 Å². The third-order valence-corrected chi connectivity index (χ3v) is 9.13. The summed E-state index contributed by atoms with van der Waals surface area (Å²) in [5, 5.41) is 21.9. The number of H-pyrrole nitrogens is 1. The maximum Gasteiger partial charge on any atom is 0.164 e. The zero-order chi connectivity index (χ0) is 29.9. The first kappa shape index (κ1) is 29.0. The Morgan fingerprint density at radius 2 is 1.95 bits per heavy atom. The van der Waals surface area contributed by atoms with Gasteiger partial charge in [0.2, 0.25) is 0 Å². The number of aromatic amines is 1. The first-order chi connectivity index (χ1) is 19.9. The minimum Gasteiger partial charge on any atom is -0.387 e. The number of hydrogen-bond acceptors (Lipinski definition) is 8. The normalized spacial score (nSPS) is 26.6. The highest BCUT2D eigenvalue weighted by Gasteiger charge is 2.46. The van der Waals surface area contributed by atoms with Crippen molar-refractivity contribution < 1.29 is 19.3 Å². The predicted molar refractivity (Wildman–Crippen MR) is 159 cm³/mol. The van der Waals surface area contributed by atoms with Gasteiger partial charge in [-0.1, -0.05) is 26.8 Å². The van der Waals surface area contributed by atoms with Crippen molar-refractivity contribution in [3.63, 3.8) is 0 Å². The number of benzene rings is 1. The Kier molecular flexibility index (Phi) is 7.49. The molecule has 0 spiro atoms. The van der Waals surface area contributed by atoms with E-state index in [1.54, 1.807) is 0 Å². The fraction of sp³-hybridized carbons (Fsp3) is 0.581. The van der Waals surface area contributed by atoms with E-state index in [0.29, 0.717) is 18.5 Å². The molecule has 1 saturated carbocycles. The van der Waals surface area contributed by atoms with Gasteiger partial charge in [-0.05, 0) is 62.1 Å². The number of imidazole rings is 1. The Bertz CT molecular complexity index is 1570. The van der Waals surface area contributed by atoms with Crippen LogP contribution < -0.4 is 5.73 Å². The summed E-state index contributed by atoms with van der Waals surface area (Å²) >= 11 is 0. The Morgan fingerprint density at radius 3 is 2.67 bits per heavy atom. The summed E-state index contributed by atoms with van der Waals surface area (Å²) in [4.78, 5) is 18.7. The smallest absolute Gasteiger partial charge is 0.164 e. The van der Waals surface area contributed by atoms with E-state index in [1.807, 2.05) is 0 Å². The highest BCUT2D eigenvalue weighted by atomic mass is 19.1. The van der Waals surface area contributed by atoms with E-state index in [9.17, 15) is 14.6 Å². The van der Waals surface area contributed by atoms with Crippen molar-refractivity contribution in [3.8, 4) is 0 Å². The molecule has 1 saturated heterocycles. The summed E-state index contributed by atoms with van der Waals surface area (Å²) in [6.45, 7) is 11.4. The Morgan fingerprint density at radius 1 is 1.19 bits per heavy atom. The fourth-order valence-electron chi connectivity index (χ4n) is 6.55. The topological polar surface area (TPSA) is 138 Å². The fourth-order valence-corrected chi connectivity index (χ4v) is 6.55. The lowest BCUT2D eigenvalue weighted by Gasteiger charge is -2.46. The van der Waals surface area contributed by atoms with E-state index < -0.39 is 30.4 Å². The molecule has 226 valence electrons. The van der Waals surface area contributed by atoms with Crippen LogP contribution in [0.1, 0.15) is 71.5 Å². The van der Waals surface area contributed by atoms with Crippen LogP contribution in [0.3, 0.4) is 0 Å². The number of fused-ring (bicyclic) bond motifs is 2. The van der Waals surface area contributed by atoms with Crippen LogP contribution in [0.2, 0.25) is 0 Å². The molecule has 2 fully saturated rings. The molecule has 1 aromatic carbocycles. The van der Waals surface area contributed by atoms with E-state index >= 15 is 0 Å². The molecule has 1 aliphatic carbocycles. The molecule has 3 aromatic heterocycles. The monoisotopic (exact) mass is 579 g/mol. The number of aryl methyl sites for hydroxylation is 1. The number of aliphatic hydroxyl groups is 2. The SMILES string of the molecule is CC(C)N(C[C@H]1O[C@@H](n2cc(F)c3c(N)ncnc32)[C@H](O)[C@@H]1O)[C@H]1C[C@H](CCc2nc3cc(C(C)(C)C)ccc3[nH]2)C1. The molecule has 42 heavy (non-hydrogen) atoms. The quantitative estimate of drug-likeness (QED) is 0.245. The van der Waals surface area contributed by atoms with Crippen LogP contribution >= 0.6 is 0 Å². The molecule has 0 radical (unpaired) electrons. The number of halogens is 1. The third-order valence-electron chi connectivity index (χ3n) is 9.13. The van der Waals surface area contributed by atoms with Crippen LogP contribution in [0.4, 0.5) is 10.2 Å². The number of ether oxygens (including phenoxy) is 1. The van der Waals surface area contributed by atoms with E-state index in [2.05, 4.69) is 72.7 Å². The van der Waals surface area contributed by atoms with Crippen LogP contribution in [0.5, 0.6) is 0 Å². The van der Waals surface area contributed by atoms with Crippen LogP contribution in [-0.2, 0) is 16.6 Å². The number of anilines is 1. The highest BCUT2D eigenvalue weighted by Crippen LogP contribution is 2.39. The zero-order valence-corrected chi connectivity index (χ0v) is 25.0. The first-order valence-corrected chi connectivity index (χ1v) is 14.9. The molecule has 11 heteroatoms. The molecule has 10 nitrogen and oxygen atoms in total. The van der Waals surface area contributed by atoms with Crippen LogP contribution in [0, 0.1) is 11.7 Å². The number of nitrogens with zero attached hydrogens (tertiary/aromatic N) is 5. The molecule has 0 bridgehead atoms. The maximum atomic E-state index is 14.6. The number of aromatic nitrogens is 5. The van der Waals surface area contributed by atoms with E-state index in [0.717, 1.165) is 42.5 Å². The third kappa shape index (κ3) is 5.27. The minimum absolute atomic E-state index is 0.0151. The molecule has 0 amide bonds. The lowest BCUT2D eigenvalue weighted by molar-refractivity contribution is -0.0620. The number of aliphatic hydroxyl groups excluding tert-OH is 2. The molecule has 2 aliphatic rings. The second-order valence-electron chi connectivity index (χ2n) is 13.4. The van der Waals surface area contributed by atoms with E-state index in [1.165, 1.54) is 22.7 Å². The van der Waals surface area contributed by atoms with Crippen LogP contribution in [0.25, 0.3) is 22.1 Å². The van der Waals surface area contributed by atoms with Gasteiger partial charge in [-0.25, -0.2) is 19.3 Å². The van der Waals surface area contributed by atoms with Gasteiger partial charge in [0.05, 0.1) is 16.4 Å². The summed E-state index contributed by atoms with van der Waals surface area (Å²) in [7, 11) is 0. The molecule has 5 N–H and O–H groups in total. The van der Waals surface area contributed by atoms with Crippen molar-refractivity contribution in [1.82, 2.24) is 29.4 Å². The lowest BCUT2D eigenvalue weighted by atomic mass is 9.76. The Hall–Kier alpha value is -3.12. The molecule has 4 heterocycles. The highest BCUT2D eigenvalue weighted by molar-refractivity contribution is 5.86. The van der Waals surface area contributed by atoms with Gasteiger partial charge in [0.1, 0.15) is 36.3 Å². The van der Waals surface area contributed by atoms with Gasteiger partial charge in [-0.2, -0.15) is 0 Å². The van der Waals surface area contributed by atoms with Crippen molar-refractivity contribution >= 4 is 27.9 Å². The van der Waals surface area contributed by atoms with Crippen molar-refractivity contribution in [2.75, 3.05) is 12.3 Å². The number of rotatable bonds is 8. The van der Waals surface area contributed by atoms with Crippen molar-refractivity contribution in [1.29, 1.82) is 0 Å². The number of nitrogens with two attached hydrogens (primary N) is 1. The average Bonchev–Trinajstić information content (AvgIpc) is 3.55. The van der Waals surface area contributed by atoms with Gasteiger partial charge in [-0.15, -0.1) is 0 Å². The van der Waals surface area contributed by atoms with Gasteiger partial charge in [0.25, 0.3) is 0 Å². The molecule has 1 aliphatic heterocycles. The molecular weight excluding hydrogens is 537 g/mol. The van der Waals surface area contributed by atoms with Crippen LogP contribution in [0.15, 0.2) is 30.7 Å². The number of hydrogen-bond donors (Lipinski definition) is 4. The summed E-state index contributed by atoms with van der Waals surface area (Å²) < 4.78 is 22.2. The van der Waals surface area contributed by atoms with Gasteiger partial charge >= 0.3 is 0 Å². The summed E-state index contributed by atoms with van der Waals surface area (Å²) in [6.07, 6.45) is 2.54. The van der Waals surface area contributed by atoms with E-state index in [4.69, 9.17) is 15.5 Å². The van der Waals surface area contributed by atoms with Gasteiger partial charge < -0.3 is 30.2 Å². The number of nitrogen functional groups attached to an aromatic ring is 1. The van der Waals surface area contributed by atoms with Crippen molar-refractivity contribution in [3.05, 3.63) is 47.9 Å². The average molecular weight is 580 g/mol.